The summed E-state index contributed by atoms with van der Waals surface area (Å²) in [5, 5.41) is 2.23. The highest BCUT2D eigenvalue weighted by Gasteiger charge is 2.36. The Labute approximate surface area is 123 Å². The number of nitrogens with two attached hydrogens (primary N) is 1. The van der Waals surface area contributed by atoms with E-state index in [-0.39, 0.29) is 5.54 Å². The van der Waals surface area contributed by atoms with E-state index in [0.29, 0.717) is 0 Å². The van der Waals surface area contributed by atoms with Crippen LogP contribution in [0.5, 0.6) is 0 Å². The molecule has 0 bridgehead atoms. The molecule has 1 aliphatic carbocycles. The lowest BCUT2D eigenvalue weighted by Gasteiger charge is -2.45. The van der Waals surface area contributed by atoms with E-state index in [0.717, 1.165) is 19.0 Å². The molecule has 0 radical (unpaired) electrons. The quantitative estimate of drug-likeness (QED) is 0.908. The summed E-state index contributed by atoms with van der Waals surface area (Å²) in [5.41, 5.74) is 7.71. The summed E-state index contributed by atoms with van der Waals surface area (Å²) in [6, 6.07) is 2.22. The van der Waals surface area contributed by atoms with E-state index in [1.54, 1.807) is 11.3 Å². The molecule has 1 aliphatic rings. The average Bonchev–Trinajstić information content (AvgIpc) is 2.76. The van der Waals surface area contributed by atoms with Crippen LogP contribution in [0.25, 0.3) is 0 Å². The molecule has 18 heavy (non-hydrogen) atoms. The zero-order valence-corrected chi connectivity index (χ0v) is 13.7. The van der Waals surface area contributed by atoms with E-state index in [9.17, 15) is 0 Å². The first kappa shape index (κ1) is 14.5. The standard InChI is InChI=1S/C14H23BrN2S/c1-11-3-5-14(10-16,6-4-11)17(2)8-12-7-13(15)18-9-12/h7,9,11H,3-6,8,10,16H2,1-2H3. The molecule has 1 aromatic heterocycles. The largest absolute Gasteiger partial charge is 0.329 e. The minimum absolute atomic E-state index is 0.223. The van der Waals surface area contributed by atoms with Crippen LogP contribution in [-0.2, 0) is 6.54 Å². The number of likely N-dealkylation sites (N-methyl/N-ethyl adjacent to an activating group) is 1. The Morgan fingerprint density at radius 3 is 2.67 bits per heavy atom. The third-order valence-electron chi connectivity index (χ3n) is 4.44. The second-order valence-corrected chi connectivity index (χ2v) is 8.02. The van der Waals surface area contributed by atoms with E-state index >= 15 is 0 Å². The van der Waals surface area contributed by atoms with Gasteiger partial charge in [0.25, 0.3) is 0 Å². The van der Waals surface area contributed by atoms with Crippen LogP contribution >= 0.6 is 27.3 Å². The van der Waals surface area contributed by atoms with Crippen LogP contribution in [0.1, 0.15) is 38.2 Å². The second kappa shape index (κ2) is 6.04. The zero-order valence-electron chi connectivity index (χ0n) is 11.3. The minimum atomic E-state index is 0.223. The number of nitrogens with zero attached hydrogens (tertiary/aromatic N) is 1. The normalized spacial score (nSPS) is 28.8. The number of halogens is 1. The molecule has 2 rings (SSSR count). The number of thiophene rings is 1. The molecule has 0 saturated heterocycles. The highest BCUT2D eigenvalue weighted by atomic mass is 79.9. The molecule has 4 heteroatoms. The second-order valence-electron chi connectivity index (χ2n) is 5.73. The average molecular weight is 331 g/mol. The van der Waals surface area contributed by atoms with Crippen LogP contribution in [0.3, 0.4) is 0 Å². The predicted octanol–water partition coefficient (Wildman–Crippen LogP) is 3.85. The lowest BCUT2D eigenvalue weighted by molar-refractivity contribution is 0.0617. The minimum Gasteiger partial charge on any atom is -0.329 e. The van der Waals surface area contributed by atoms with Crippen molar-refractivity contribution in [2.24, 2.45) is 11.7 Å². The summed E-state index contributed by atoms with van der Waals surface area (Å²) in [5.74, 6) is 0.869. The van der Waals surface area contributed by atoms with Crippen LogP contribution in [0, 0.1) is 5.92 Å². The molecule has 0 amide bonds. The fourth-order valence-corrected chi connectivity index (χ4v) is 4.11. The van der Waals surface area contributed by atoms with Gasteiger partial charge in [0.1, 0.15) is 0 Å². The van der Waals surface area contributed by atoms with Crippen LogP contribution in [0.15, 0.2) is 15.2 Å². The van der Waals surface area contributed by atoms with Gasteiger partial charge in [-0.05, 0) is 71.6 Å². The van der Waals surface area contributed by atoms with E-state index in [4.69, 9.17) is 5.73 Å². The summed E-state index contributed by atoms with van der Waals surface area (Å²) >= 11 is 5.29. The third-order valence-corrected chi connectivity index (χ3v) is 5.99. The first-order chi connectivity index (χ1) is 8.55. The van der Waals surface area contributed by atoms with Gasteiger partial charge in [-0.25, -0.2) is 0 Å². The fraction of sp³-hybridized carbons (Fsp3) is 0.714. The zero-order chi connectivity index (χ0) is 13.2. The van der Waals surface area contributed by atoms with Gasteiger partial charge in [0, 0.05) is 18.6 Å². The molecule has 1 heterocycles. The van der Waals surface area contributed by atoms with Gasteiger partial charge >= 0.3 is 0 Å². The Morgan fingerprint density at radius 2 is 2.17 bits per heavy atom. The maximum absolute atomic E-state index is 6.10. The van der Waals surface area contributed by atoms with Gasteiger partial charge in [-0.2, -0.15) is 0 Å². The topological polar surface area (TPSA) is 29.3 Å². The van der Waals surface area contributed by atoms with E-state index < -0.39 is 0 Å². The van der Waals surface area contributed by atoms with Crippen LogP contribution in [-0.4, -0.2) is 24.0 Å². The van der Waals surface area contributed by atoms with E-state index in [1.807, 2.05) is 0 Å². The highest BCUT2D eigenvalue weighted by Crippen LogP contribution is 2.36. The number of hydrogen-bond acceptors (Lipinski definition) is 3. The molecule has 1 fully saturated rings. The SMILES string of the molecule is CC1CCC(CN)(N(C)Cc2csc(Br)c2)CC1. The predicted molar refractivity (Wildman–Crippen MR) is 82.9 cm³/mol. The maximum atomic E-state index is 6.10. The van der Waals surface area contributed by atoms with Crippen molar-refractivity contribution in [1.82, 2.24) is 4.90 Å². The molecule has 1 saturated carbocycles. The smallest absolute Gasteiger partial charge is 0.0701 e. The molecule has 2 nitrogen and oxygen atoms in total. The summed E-state index contributed by atoms with van der Waals surface area (Å²) in [6.45, 7) is 4.14. The summed E-state index contributed by atoms with van der Waals surface area (Å²) in [6.07, 6.45) is 5.11. The fourth-order valence-electron chi connectivity index (χ4n) is 2.91. The van der Waals surface area contributed by atoms with Crippen molar-refractivity contribution in [1.29, 1.82) is 0 Å². The molecule has 1 aromatic rings. The molecular weight excluding hydrogens is 308 g/mol. The molecule has 0 atom stereocenters. The van der Waals surface area contributed by atoms with Crippen molar-refractivity contribution in [3.05, 3.63) is 20.8 Å². The molecule has 2 N–H and O–H groups in total. The molecule has 0 unspecified atom stereocenters. The van der Waals surface area contributed by atoms with Crippen molar-refractivity contribution >= 4 is 27.3 Å². The number of rotatable bonds is 4. The Hall–Kier alpha value is 0.100. The lowest BCUT2D eigenvalue weighted by atomic mass is 9.76. The molecular formula is C14H23BrN2S. The Bertz CT molecular complexity index is 383. The van der Waals surface area contributed by atoms with E-state index in [1.165, 1.54) is 35.0 Å². The van der Waals surface area contributed by atoms with Crippen molar-refractivity contribution in [3.63, 3.8) is 0 Å². The summed E-state index contributed by atoms with van der Waals surface area (Å²) < 4.78 is 1.21. The van der Waals surface area contributed by atoms with Gasteiger partial charge in [0.15, 0.2) is 0 Å². The van der Waals surface area contributed by atoms with Crippen molar-refractivity contribution in [2.45, 2.75) is 44.7 Å². The first-order valence-corrected chi connectivity index (χ1v) is 8.37. The monoisotopic (exact) mass is 330 g/mol. The van der Waals surface area contributed by atoms with Crippen molar-refractivity contribution in [3.8, 4) is 0 Å². The highest BCUT2D eigenvalue weighted by molar-refractivity contribution is 9.11. The first-order valence-electron chi connectivity index (χ1n) is 6.70. The Morgan fingerprint density at radius 1 is 1.50 bits per heavy atom. The lowest BCUT2D eigenvalue weighted by Crippen LogP contribution is -2.53. The molecule has 0 aromatic carbocycles. The van der Waals surface area contributed by atoms with Gasteiger partial charge in [-0.1, -0.05) is 6.92 Å². The number of hydrogen-bond donors (Lipinski definition) is 1. The van der Waals surface area contributed by atoms with Crippen LogP contribution < -0.4 is 5.73 Å². The van der Waals surface area contributed by atoms with Gasteiger partial charge in [-0.3, -0.25) is 4.90 Å². The van der Waals surface area contributed by atoms with E-state index in [2.05, 4.69) is 46.2 Å². The van der Waals surface area contributed by atoms with Gasteiger partial charge in [0.05, 0.1) is 3.79 Å². The molecule has 0 spiro atoms. The Kier molecular flexibility index (Phi) is 4.86. The van der Waals surface area contributed by atoms with Gasteiger partial charge in [-0.15, -0.1) is 11.3 Å². The Balaban J connectivity index is 2.03. The molecule has 0 aliphatic heterocycles. The summed E-state index contributed by atoms with van der Waals surface area (Å²) in [7, 11) is 2.23. The van der Waals surface area contributed by atoms with Gasteiger partial charge < -0.3 is 5.73 Å². The molecule has 102 valence electrons. The van der Waals surface area contributed by atoms with Crippen LogP contribution in [0.2, 0.25) is 0 Å². The maximum Gasteiger partial charge on any atom is 0.0701 e. The third kappa shape index (κ3) is 3.16. The van der Waals surface area contributed by atoms with Crippen molar-refractivity contribution < 1.29 is 0 Å². The van der Waals surface area contributed by atoms with Crippen LogP contribution in [0.4, 0.5) is 0 Å². The van der Waals surface area contributed by atoms with Gasteiger partial charge in [0.2, 0.25) is 0 Å². The summed E-state index contributed by atoms with van der Waals surface area (Å²) in [4.78, 5) is 2.48. The van der Waals surface area contributed by atoms with Crippen molar-refractivity contribution in [2.75, 3.05) is 13.6 Å².